The van der Waals surface area contributed by atoms with Crippen LogP contribution < -0.4 is 5.32 Å². The van der Waals surface area contributed by atoms with Crippen molar-refractivity contribution in [2.24, 2.45) is 0 Å². The van der Waals surface area contributed by atoms with E-state index in [9.17, 15) is 0 Å². The maximum Gasteiger partial charge on any atom is 0.0628 e. The molecule has 0 radical (unpaired) electrons. The smallest absolute Gasteiger partial charge is 0.0628 e. The second-order valence-electron chi connectivity index (χ2n) is 4.99. The van der Waals surface area contributed by atoms with E-state index in [1.54, 1.807) is 0 Å². The van der Waals surface area contributed by atoms with Gasteiger partial charge in [0.15, 0.2) is 0 Å². The van der Waals surface area contributed by atoms with Crippen LogP contribution in [0.4, 0.5) is 0 Å². The van der Waals surface area contributed by atoms with E-state index in [-0.39, 0.29) is 0 Å². The van der Waals surface area contributed by atoms with E-state index in [1.807, 2.05) is 0 Å². The third kappa shape index (κ3) is 3.44. The van der Waals surface area contributed by atoms with Crippen LogP contribution in [-0.2, 0) is 9.47 Å². The zero-order chi connectivity index (χ0) is 10.7. The van der Waals surface area contributed by atoms with E-state index in [4.69, 9.17) is 9.47 Å². The molecule has 0 unspecified atom stereocenters. The number of rotatable bonds is 4. The molecule has 15 heavy (non-hydrogen) atoms. The molecule has 1 aliphatic heterocycles. The van der Waals surface area contributed by atoms with Crippen molar-refractivity contribution >= 4 is 0 Å². The summed E-state index contributed by atoms with van der Waals surface area (Å²) >= 11 is 0. The number of piperidine rings is 1. The molecule has 0 aromatic heterocycles. The highest BCUT2D eigenvalue weighted by Crippen LogP contribution is 2.29. The Labute approximate surface area is 92.5 Å². The van der Waals surface area contributed by atoms with Crippen molar-refractivity contribution in [3.8, 4) is 0 Å². The second-order valence-corrected chi connectivity index (χ2v) is 4.99. The van der Waals surface area contributed by atoms with Crippen molar-refractivity contribution in [3.63, 3.8) is 0 Å². The Balaban J connectivity index is 1.58. The Kier molecular flexibility index (Phi) is 4.00. The Morgan fingerprint density at radius 2 is 1.67 bits per heavy atom. The lowest BCUT2D eigenvalue weighted by Crippen LogP contribution is -2.43. The van der Waals surface area contributed by atoms with Crippen molar-refractivity contribution in [2.75, 3.05) is 13.1 Å². The Hall–Kier alpha value is -0.120. The average Bonchev–Trinajstić information content (AvgIpc) is 2.15. The zero-order valence-electron chi connectivity index (χ0n) is 9.87. The largest absolute Gasteiger partial charge is 0.375 e. The fourth-order valence-electron chi connectivity index (χ4n) is 2.33. The molecule has 0 spiro atoms. The van der Waals surface area contributed by atoms with Gasteiger partial charge >= 0.3 is 0 Å². The van der Waals surface area contributed by atoms with Crippen LogP contribution >= 0.6 is 0 Å². The van der Waals surface area contributed by atoms with Gasteiger partial charge in [0.05, 0.1) is 24.4 Å². The molecule has 3 nitrogen and oxygen atoms in total. The van der Waals surface area contributed by atoms with Gasteiger partial charge < -0.3 is 14.8 Å². The monoisotopic (exact) mass is 213 g/mol. The lowest BCUT2D eigenvalue weighted by molar-refractivity contribution is -0.142. The van der Waals surface area contributed by atoms with E-state index in [0.29, 0.717) is 24.4 Å². The highest BCUT2D eigenvalue weighted by molar-refractivity contribution is 4.83. The minimum absolute atomic E-state index is 0.356. The van der Waals surface area contributed by atoms with Crippen LogP contribution in [0, 0.1) is 0 Å². The van der Waals surface area contributed by atoms with Crippen molar-refractivity contribution in [1.82, 2.24) is 5.32 Å². The SMILES string of the molecule is CC(C)OC1CC(OC2CCNCC2)C1. The zero-order valence-corrected chi connectivity index (χ0v) is 9.87. The molecule has 0 aromatic carbocycles. The van der Waals surface area contributed by atoms with E-state index >= 15 is 0 Å². The van der Waals surface area contributed by atoms with Gasteiger partial charge in [-0.2, -0.15) is 0 Å². The van der Waals surface area contributed by atoms with Crippen LogP contribution in [0.15, 0.2) is 0 Å². The Morgan fingerprint density at radius 1 is 1.00 bits per heavy atom. The van der Waals surface area contributed by atoms with Crippen LogP contribution in [0.25, 0.3) is 0 Å². The minimum atomic E-state index is 0.356. The van der Waals surface area contributed by atoms with Crippen LogP contribution in [0.2, 0.25) is 0 Å². The molecule has 2 fully saturated rings. The molecule has 0 atom stereocenters. The molecule has 1 saturated carbocycles. The van der Waals surface area contributed by atoms with Gasteiger partial charge in [0, 0.05) is 0 Å². The van der Waals surface area contributed by atoms with Gasteiger partial charge in [-0.15, -0.1) is 0 Å². The highest BCUT2D eigenvalue weighted by Gasteiger charge is 2.33. The van der Waals surface area contributed by atoms with Gasteiger partial charge in [-0.1, -0.05) is 0 Å². The summed E-state index contributed by atoms with van der Waals surface area (Å²) in [5, 5.41) is 3.35. The van der Waals surface area contributed by atoms with Gasteiger partial charge in [-0.05, 0) is 52.6 Å². The van der Waals surface area contributed by atoms with E-state index in [0.717, 1.165) is 25.9 Å². The summed E-state index contributed by atoms with van der Waals surface area (Å²) in [6.45, 7) is 6.43. The molecule has 1 N–H and O–H groups in total. The second kappa shape index (κ2) is 5.28. The molecular weight excluding hydrogens is 190 g/mol. The lowest BCUT2D eigenvalue weighted by atomic mass is 9.91. The first-order valence-electron chi connectivity index (χ1n) is 6.25. The first-order valence-corrected chi connectivity index (χ1v) is 6.25. The van der Waals surface area contributed by atoms with E-state index in [1.165, 1.54) is 12.8 Å². The Bertz CT molecular complexity index is 184. The predicted octanol–water partition coefficient (Wildman–Crippen LogP) is 1.71. The lowest BCUT2D eigenvalue weighted by Gasteiger charge is -2.39. The van der Waals surface area contributed by atoms with Crippen molar-refractivity contribution in [2.45, 2.75) is 63.9 Å². The minimum Gasteiger partial charge on any atom is -0.375 e. The van der Waals surface area contributed by atoms with Gasteiger partial charge in [0.25, 0.3) is 0 Å². The van der Waals surface area contributed by atoms with Gasteiger partial charge in [0.1, 0.15) is 0 Å². The molecule has 2 aliphatic rings. The summed E-state index contributed by atoms with van der Waals surface area (Å²) in [5.74, 6) is 0. The fourth-order valence-corrected chi connectivity index (χ4v) is 2.33. The van der Waals surface area contributed by atoms with E-state index < -0.39 is 0 Å². The van der Waals surface area contributed by atoms with E-state index in [2.05, 4.69) is 19.2 Å². The number of hydrogen-bond acceptors (Lipinski definition) is 3. The van der Waals surface area contributed by atoms with Crippen molar-refractivity contribution in [1.29, 1.82) is 0 Å². The summed E-state index contributed by atoms with van der Waals surface area (Å²) in [6.07, 6.45) is 6.32. The third-order valence-electron chi connectivity index (χ3n) is 3.19. The number of nitrogens with one attached hydrogen (secondary N) is 1. The number of ether oxygens (including phenoxy) is 2. The maximum atomic E-state index is 6.02. The maximum absolute atomic E-state index is 6.02. The number of hydrogen-bond donors (Lipinski definition) is 1. The molecule has 1 heterocycles. The summed E-state index contributed by atoms with van der Waals surface area (Å²) in [7, 11) is 0. The van der Waals surface area contributed by atoms with Crippen molar-refractivity contribution in [3.05, 3.63) is 0 Å². The molecule has 0 amide bonds. The normalized spacial score (nSPS) is 33.0. The summed E-state index contributed by atoms with van der Waals surface area (Å²) in [4.78, 5) is 0. The first kappa shape index (κ1) is 11.4. The molecule has 1 aliphatic carbocycles. The van der Waals surface area contributed by atoms with Crippen molar-refractivity contribution < 1.29 is 9.47 Å². The standard InChI is InChI=1S/C12H23NO2/c1-9(2)14-11-7-12(8-11)15-10-3-5-13-6-4-10/h9-13H,3-8H2,1-2H3. The molecule has 1 saturated heterocycles. The topological polar surface area (TPSA) is 30.5 Å². The van der Waals surface area contributed by atoms with Crippen LogP contribution in [0.3, 0.4) is 0 Å². The summed E-state index contributed by atoms with van der Waals surface area (Å²) in [6, 6.07) is 0. The molecule has 2 rings (SSSR count). The average molecular weight is 213 g/mol. The predicted molar refractivity (Wildman–Crippen MR) is 60.0 cm³/mol. The first-order chi connectivity index (χ1) is 7.24. The van der Waals surface area contributed by atoms with Gasteiger partial charge in [-0.25, -0.2) is 0 Å². The molecule has 88 valence electrons. The molecule has 3 heteroatoms. The van der Waals surface area contributed by atoms with Crippen LogP contribution in [-0.4, -0.2) is 37.5 Å². The Morgan fingerprint density at radius 3 is 2.27 bits per heavy atom. The highest BCUT2D eigenvalue weighted by atomic mass is 16.5. The summed E-state index contributed by atoms with van der Waals surface area (Å²) < 4.78 is 11.7. The van der Waals surface area contributed by atoms with Gasteiger partial charge in [-0.3, -0.25) is 0 Å². The van der Waals surface area contributed by atoms with Crippen LogP contribution in [0.5, 0.6) is 0 Å². The molecule has 0 bridgehead atoms. The van der Waals surface area contributed by atoms with Gasteiger partial charge in [0.2, 0.25) is 0 Å². The quantitative estimate of drug-likeness (QED) is 0.771. The molecule has 0 aromatic rings. The third-order valence-corrected chi connectivity index (χ3v) is 3.19. The van der Waals surface area contributed by atoms with Crippen LogP contribution in [0.1, 0.15) is 39.5 Å². The molecular formula is C12H23NO2. The summed E-state index contributed by atoms with van der Waals surface area (Å²) in [5.41, 5.74) is 0. The fraction of sp³-hybridized carbons (Fsp3) is 1.00.